The quantitative estimate of drug-likeness (QED) is 0.541. The van der Waals surface area contributed by atoms with Crippen molar-refractivity contribution in [2.45, 2.75) is 39.0 Å². The first kappa shape index (κ1) is 7.11. The first-order valence-corrected chi connectivity index (χ1v) is 4.12. The van der Waals surface area contributed by atoms with Crippen molar-refractivity contribution >= 4 is 0 Å². The van der Waals surface area contributed by atoms with Crippen LogP contribution in [-0.2, 0) is 0 Å². The third-order valence-electron chi connectivity index (χ3n) is 2.01. The lowest BCUT2D eigenvalue weighted by molar-refractivity contribution is 0.554. The van der Waals surface area contributed by atoms with Crippen LogP contribution in [0.15, 0.2) is 0 Å². The molecule has 0 nitrogen and oxygen atoms in total. The molecule has 0 heteroatoms. The number of hydrogen-bond acceptors (Lipinski definition) is 0. The third-order valence-corrected chi connectivity index (χ3v) is 2.01. The van der Waals surface area contributed by atoms with Gasteiger partial charge in [-0.3, -0.25) is 0 Å². The maximum atomic E-state index is 3.96. The van der Waals surface area contributed by atoms with Gasteiger partial charge in [-0.15, -0.1) is 0 Å². The molecular formula is C9H17. The minimum Gasteiger partial charge on any atom is -0.0625 e. The van der Waals surface area contributed by atoms with E-state index in [1.807, 2.05) is 0 Å². The molecule has 1 fully saturated rings. The molecule has 1 aliphatic rings. The van der Waals surface area contributed by atoms with Crippen molar-refractivity contribution in [1.29, 1.82) is 0 Å². The molecule has 53 valence electrons. The van der Waals surface area contributed by atoms with Crippen LogP contribution in [0.5, 0.6) is 0 Å². The monoisotopic (exact) mass is 125 g/mol. The van der Waals surface area contributed by atoms with Crippen LogP contribution in [-0.4, -0.2) is 0 Å². The number of rotatable bonds is 4. The molecule has 1 atom stereocenters. The normalized spacial score (nSPS) is 19.0. The van der Waals surface area contributed by atoms with Crippen LogP contribution in [0.1, 0.15) is 39.0 Å². The zero-order valence-electron chi connectivity index (χ0n) is 6.40. The largest absolute Gasteiger partial charge is 0.0625 e. The zero-order chi connectivity index (χ0) is 6.69. The maximum Gasteiger partial charge on any atom is -0.0414 e. The van der Waals surface area contributed by atoms with Crippen molar-refractivity contribution in [3.8, 4) is 0 Å². The van der Waals surface area contributed by atoms with Crippen molar-refractivity contribution in [2.24, 2.45) is 11.8 Å². The van der Waals surface area contributed by atoms with Crippen LogP contribution >= 0.6 is 0 Å². The maximum absolute atomic E-state index is 3.96. The summed E-state index contributed by atoms with van der Waals surface area (Å²) in [5.74, 6) is 1.78. The lowest BCUT2D eigenvalue weighted by Crippen LogP contribution is -1.87. The second-order valence-corrected chi connectivity index (χ2v) is 3.48. The first-order chi connectivity index (χ1) is 4.29. The van der Waals surface area contributed by atoms with Gasteiger partial charge < -0.3 is 0 Å². The van der Waals surface area contributed by atoms with E-state index >= 15 is 0 Å². The first-order valence-electron chi connectivity index (χ1n) is 4.12. The SMILES string of the molecule is [CH2]C(C)CCCC1CC1. The minimum absolute atomic E-state index is 0.670. The van der Waals surface area contributed by atoms with E-state index in [0.717, 1.165) is 5.92 Å². The molecule has 0 spiro atoms. The van der Waals surface area contributed by atoms with Crippen LogP contribution < -0.4 is 0 Å². The van der Waals surface area contributed by atoms with Crippen molar-refractivity contribution in [1.82, 2.24) is 0 Å². The standard InChI is InChI=1S/C9H17/c1-8(2)4-3-5-9-6-7-9/h8-9H,1,3-7H2,2H3. The summed E-state index contributed by atoms with van der Waals surface area (Å²) in [6.07, 6.45) is 7.22. The molecule has 0 heterocycles. The highest BCUT2D eigenvalue weighted by atomic mass is 14.3. The third kappa shape index (κ3) is 3.56. The summed E-state index contributed by atoms with van der Waals surface area (Å²) in [5, 5.41) is 0. The van der Waals surface area contributed by atoms with Gasteiger partial charge in [0.2, 0.25) is 0 Å². The smallest absolute Gasteiger partial charge is 0.0414 e. The summed E-state index contributed by atoms with van der Waals surface area (Å²) in [7, 11) is 0. The van der Waals surface area contributed by atoms with Gasteiger partial charge >= 0.3 is 0 Å². The van der Waals surface area contributed by atoms with Gasteiger partial charge in [-0.2, -0.15) is 0 Å². The fourth-order valence-electron chi connectivity index (χ4n) is 1.16. The van der Waals surface area contributed by atoms with E-state index in [0.29, 0.717) is 5.92 Å². The highest BCUT2D eigenvalue weighted by Gasteiger charge is 2.19. The van der Waals surface area contributed by atoms with Crippen molar-refractivity contribution in [3.63, 3.8) is 0 Å². The predicted octanol–water partition coefficient (Wildman–Crippen LogP) is 3.04. The van der Waals surface area contributed by atoms with Crippen LogP contribution in [0, 0.1) is 18.8 Å². The van der Waals surface area contributed by atoms with Gasteiger partial charge in [0, 0.05) is 0 Å². The molecular weight excluding hydrogens is 108 g/mol. The molecule has 0 bridgehead atoms. The van der Waals surface area contributed by atoms with Crippen molar-refractivity contribution in [3.05, 3.63) is 6.92 Å². The van der Waals surface area contributed by atoms with E-state index in [9.17, 15) is 0 Å². The molecule has 0 N–H and O–H groups in total. The molecule has 9 heavy (non-hydrogen) atoms. The topological polar surface area (TPSA) is 0 Å². The molecule has 1 saturated carbocycles. The van der Waals surface area contributed by atoms with Gasteiger partial charge in [0.25, 0.3) is 0 Å². The average molecular weight is 125 g/mol. The predicted molar refractivity (Wildman–Crippen MR) is 41.1 cm³/mol. The molecule has 0 aromatic heterocycles. The van der Waals surface area contributed by atoms with Gasteiger partial charge in [-0.25, -0.2) is 0 Å². The minimum atomic E-state index is 0.670. The Hall–Kier alpha value is 0. The van der Waals surface area contributed by atoms with Gasteiger partial charge in [0.1, 0.15) is 0 Å². The van der Waals surface area contributed by atoms with E-state index in [-0.39, 0.29) is 0 Å². The Morgan fingerprint density at radius 3 is 2.67 bits per heavy atom. The van der Waals surface area contributed by atoms with Gasteiger partial charge in [0.05, 0.1) is 0 Å². The lowest BCUT2D eigenvalue weighted by atomic mass is 10.1. The van der Waals surface area contributed by atoms with E-state index in [1.54, 1.807) is 0 Å². The van der Waals surface area contributed by atoms with E-state index < -0.39 is 0 Å². The second-order valence-electron chi connectivity index (χ2n) is 3.48. The van der Waals surface area contributed by atoms with Gasteiger partial charge in [-0.05, 0) is 11.8 Å². The number of hydrogen-bond donors (Lipinski definition) is 0. The van der Waals surface area contributed by atoms with E-state index in [2.05, 4.69) is 13.8 Å². The van der Waals surface area contributed by atoms with Crippen LogP contribution in [0.25, 0.3) is 0 Å². The molecule has 0 saturated heterocycles. The second kappa shape index (κ2) is 3.24. The van der Waals surface area contributed by atoms with Crippen LogP contribution in [0.4, 0.5) is 0 Å². The Morgan fingerprint density at radius 1 is 1.56 bits per heavy atom. The van der Waals surface area contributed by atoms with E-state index in [1.165, 1.54) is 32.1 Å². The summed E-state index contributed by atoms with van der Waals surface area (Å²) >= 11 is 0. The molecule has 0 aromatic rings. The summed E-state index contributed by atoms with van der Waals surface area (Å²) < 4.78 is 0. The Labute approximate surface area is 58.7 Å². The Kier molecular flexibility index (Phi) is 2.56. The highest BCUT2D eigenvalue weighted by molar-refractivity contribution is 4.73. The average Bonchev–Trinajstić information content (AvgIpc) is 2.48. The highest BCUT2D eigenvalue weighted by Crippen LogP contribution is 2.34. The Bertz CT molecular complexity index is 68.1. The summed E-state index contributed by atoms with van der Waals surface area (Å²) in [6.45, 7) is 6.16. The molecule has 1 radical (unpaired) electrons. The summed E-state index contributed by atoms with van der Waals surface area (Å²) in [6, 6.07) is 0. The zero-order valence-corrected chi connectivity index (χ0v) is 6.40. The fraction of sp³-hybridized carbons (Fsp3) is 0.889. The molecule has 0 amide bonds. The Balaban J connectivity index is 1.81. The van der Waals surface area contributed by atoms with Crippen LogP contribution in [0.2, 0.25) is 0 Å². The Morgan fingerprint density at radius 2 is 2.22 bits per heavy atom. The molecule has 1 unspecified atom stereocenters. The van der Waals surface area contributed by atoms with E-state index in [4.69, 9.17) is 0 Å². The molecule has 0 aromatic carbocycles. The van der Waals surface area contributed by atoms with Crippen molar-refractivity contribution < 1.29 is 0 Å². The molecule has 0 aliphatic heterocycles. The van der Waals surface area contributed by atoms with Gasteiger partial charge in [-0.1, -0.05) is 46.0 Å². The van der Waals surface area contributed by atoms with Crippen molar-refractivity contribution in [2.75, 3.05) is 0 Å². The lowest BCUT2D eigenvalue weighted by Gasteiger charge is -2.01. The molecule has 1 rings (SSSR count). The summed E-state index contributed by atoms with van der Waals surface area (Å²) in [4.78, 5) is 0. The molecule has 1 aliphatic carbocycles. The summed E-state index contributed by atoms with van der Waals surface area (Å²) in [5.41, 5.74) is 0. The van der Waals surface area contributed by atoms with Crippen LogP contribution in [0.3, 0.4) is 0 Å². The fourth-order valence-corrected chi connectivity index (χ4v) is 1.16. The van der Waals surface area contributed by atoms with Gasteiger partial charge in [0.15, 0.2) is 0 Å².